The highest BCUT2D eigenvalue weighted by Crippen LogP contribution is 2.41. The first-order valence-corrected chi connectivity index (χ1v) is 7.37. The van der Waals surface area contributed by atoms with E-state index in [1.807, 2.05) is 18.2 Å². The summed E-state index contributed by atoms with van der Waals surface area (Å²) in [5, 5.41) is 14.3. The van der Waals surface area contributed by atoms with Crippen molar-refractivity contribution in [2.45, 2.75) is 50.2 Å². The van der Waals surface area contributed by atoms with E-state index >= 15 is 0 Å². The third-order valence-corrected chi connectivity index (χ3v) is 4.31. The van der Waals surface area contributed by atoms with Gasteiger partial charge in [-0.3, -0.25) is 4.99 Å². The van der Waals surface area contributed by atoms with Crippen LogP contribution in [0.2, 0.25) is 0 Å². The highest BCUT2D eigenvalue weighted by Gasteiger charge is 2.42. The molecule has 0 aromatic heterocycles. The maximum absolute atomic E-state index is 11.0. The molecule has 1 aromatic carbocycles. The first kappa shape index (κ1) is 12.7. The lowest BCUT2D eigenvalue weighted by atomic mass is 9.91. The summed E-state index contributed by atoms with van der Waals surface area (Å²) in [5.74, 6) is 1.18. The predicted octanol–water partition coefficient (Wildman–Crippen LogP) is 2.81. The van der Waals surface area contributed by atoms with Crippen molar-refractivity contribution in [3.05, 3.63) is 35.9 Å². The predicted molar refractivity (Wildman–Crippen MR) is 77.3 cm³/mol. The van der Waals surface area contributed by atoms with E-state index in [2.05, 4.69) is 22.4 Å². The average Bonchev–Trinajstić information content (AvgIpc) is 2.82. The van der Waals surface area contributed by atoms with Crippen molar-refractivity contribution in [2.24, 2.45) is 4.99 Å². The Kier molecular flexibility index (Phi) is 3.56. The van der Waals surface area contributed by atoms with Gasteiger partial charge in [0.05, 0.1) is 5.84 Å². The van der Waals surface area contributed by atoms with Gasteiger partial charge in [0.15, 0.2) is 0 Å². The van der Waals surface area contributed by atoms with Gasteiger partial charge >= 0.3 is 0 Å². The van der Waals surface area contributed by atoms with E-state index in [-0.39, 0.29) is 5.92 Å². The van der Waals surface area contributed by atoms with Crippen LogP contribution in [0.25, 0.3) is 0 Å². The molecule has 0 radical (unpaired) electrons. The quantitative estimate of drug-likeness (QED) is 0.801. The molecule has 0 amide bonds. The SMILES string of the molecule is OC1(NC2=NCCCC2)CCCC1c1ccccc1. The van der Waals surface area contributed by atoms with Gasteiger partial charge in [0.1, 0.15) is 5.72 Å². The second-order valence-corrected chi connectivity index (χ2v) is 5.69. The van der Waals surface area contributed by atoms with Gasteiger partial charge in [-0.2, -0.15) is 0 Å². The number of hydrogen-bond acceptors (Lipinski definition) is 3. The van der Waals surface area contributed by atoms with Crippen LogP contribution in [0.1, 0.15) is 50.0 Å². The molecule has 0 bridgehead atoms. The molecule has 2 N–H and O–H groups in total. The molecule has 0 saturated heterocycles. The lowest BCUT2D eigenvalue weighted by molar-refractivity contribution is 0.0139. The molecular formula is C16H22N2O. The van der Waals surface area contributed by atoms with Crippen molar-refractivity contribution in [1.82, 2.24) is 5.32 Å². The largest absolute Gasteiger partial charge is 0.370 e. The number of benzene rings is 1. The molecule has 2 aliphatic rings. The van der Waals surface area contributed by atoms with Crippen molar-refractivity contribution >= 4 is 5.84 Å². The molecule has 3 rings (SSSR count). The molecule has 1 aromatic rings. The summed E-state index contributed by atoms with van der Waals surface area (Å²) in [6.45, 7) is 0.897. The number of aliphatic hydroxyl groups is 1. The van der Waals surface area contributed by atoms with Crippen LogP contribution in [0, 0.1) is 0 Å². The molecule has 3 heteroatoms. The zero-order valence-electron chi connectivity index (χ0n) is 11.3. The molecule has 1 heterocycles. The minimum atomic E-state index is -0.808. The Hall–Kier alpha value is -1.35. The normalized spacial score (nSPS) is 31.0. The average molecular weight is 258 g/mol. The van der Waals surface area contributed by atoms with E-state index in [9.17, 15) is 5.11 Å². The lowest BCUT2D eigenvalue weighted by Crippen LogP contribution is -2.50. The number of nitrogens with one attached hydrogen (secondary N) is 1. The topological polar surface area (TPSA) is 44.6 Å². The number of aliphatic imine (C=N–C) groups is 1. The highest BCUT2D eigenvalue weighted by molar-refractivity contribution is 5.83. The van der Waals surface area contributed by atoms with E-state index < -0.39 is 5.72 Å². The summed E-state index contributed by atoms with van der Waals surface area (Å²) in [4.78, 5) is 4.51. The van der Waals surface area contributed by atoms with Gasteiger partial charge in [0.25, 0.3) is 0 Å². The number of nitrogens with zero attached hydrogens (tertiary/aromatic N) is 1. The molecule has 2 atom stereocenters. The maximum atomic E-state index is 11.0. The van der Waals surface area contributed by atoms with Crippen LogP contribution in [-0.2, 0) is 0 Å². The fourth-order valence-corrected chi connectivity index (χ4v) is 3.32. The fourth-order valence-electron chi connectivity index (χ4n) is 3.32. The molecule has 1 aliphatic carbocycles. The zero-order chi connectivity index (χ0) is 13.1. The van der Waals surface area contributed by atoms with Gasteiger partial charge < -0.3 is 10.4 Å². The first-order chi connectivity index (χ1) is 9.28. The lowest BCUT2D eigenvalue weighted by Gasteiger charge is -2.33. The minimum absolute atomic E-state index is 0.179. The molecule has 1 aliphatic heterocycles. The van der Waals surface area contributed by atoms with E-state index in [0.29, 0.717) is 0 Å². The standard InChI is InChI=1S/C16H22N2O/c19-16(18-15-10-4-5-12-17-15)11-6-9-14(16)13-7-2-1-3-8-13/h1-3,7-8,14,19H,4-6,9-12H2,(H,17,18). The Labute approximate surface area is 114 Å². The van der Waals surface area contributed by atoms with Crippen molar-refractivity contribution in [2.75, 3.05) is 6.54 Å². The molecule has 19 heavy (non-hydrogen) atoms. The van der Waals surface area contributed by atoms with E-state index in [1.165, 1.54) is 18.4 Å². The maximum Gasteiger partial charge on any atom is 0.143 e. The minimum Gasteiger partial charge on any atom is -0.370 e. The van der Waals surface area contributed by atoms with Crippen molar-refractivity contribution in [3.8, 4) is 0 Å². The molecule has 102 valence electrons. The first-order valence-electron chi connectivity index (χ1n) is 7.37. The third-order valence-electron chi connectivity index (χ3n) is 4.31. The summed E-state index contributed by atoms with van der Waals surface area (Å²) in [7, 11) is 0. The van der Waals surface area contributed by atoms with Crippen LogP contribution in [0.5, 0.6) is 0 Å². The van der Waals surface area contributed by atoms with Gasteiger partial charge in [0.2, 0.25) is 0 Å². The molecular weight excluding hydrogens is 236 g/mol. The van der Waals surface area contributed by atoms with Crippen molar-refractivity contribution in [1.29, 1.82) is 0 Å². The molecule has 2 unspecified atom stereocenters. The monoisotopic (exact) mass is 258 g/mol. The summed E-state index contributed by atoms with van der Waals surface area (Å²) in [6, 6.07) is 10.4. The van der Waals surface area contributed by atoms with E-state index in [4.69, 9.17) is 0 Å². The van der Waals surface area contributed by atoms with Gasteiger partial charge in [-0.1, -0.05) is 30.3 Å². The number of amidine groups is 1. The Morgan fingerprint density at radius 2 is 2.00 bits per heavy atom. The van der Waals surface area contributed by atoms with Gasteiger partial charge in [-0.25, -0.2) is 0 Å². The van der Waals surface area contributed by atoms with Crippen molar-refractivity contribution in [3.63, 3.8) is 0 Å². The van der Waals surface area contributed by atoms with Crippen LogP contribution < -0.4 is 5.32 Å². The summed E-state index contributed by atoms with van der Waals surface area (Å²) in [5.41, 5.74) is 0.420. The molecule has 3 nitrogen and oxygen atoms in total. The highest BCUT2D eigenvalue weighted by atomic mass is 16.3. The van der Waals surface area contributed by atoms with Crippen LogP contribution in [0.4, 0.5) is 0 Å². The van der Waals surface area contributed by atoms with Crippen LogP contribution in [-0.4, -0.2) is 23.2 Å². The zero-order valence-corrected chi connectivity index (χ0v) is 11.3. The summed E-state index contributed by atoms with van der Waals surface area (Å²) in [6.07, 6.45) is 6.25. The molecule has 1 fully saturated rings. The second kappa shape index (κ2) is 5.33. The van der Waals surface area contributed by atoms with Crippen LogP contribution in [0.15, 0.2) is 35.3 Å². The van der Waals surface area contributed by atoms with Gasteiger partial charge in [-0.05, 0) is 37.7 Å². The Morgan fingerprint density at radius 1 is 1.16 bits per heavy atom. The fraction of sp³-hybridized carbons (Fsp3) is 0.562. The summed E-state index contributed by atoms with van der Waals surface area (Å²) >= 11 is 0. The van der Waals surface area contributed by atoms with Crippen LogP contribution in [0.3, 0.4) is 0 Å². The molecule has 0 spiro atoms. The smallest absolute Gasteiger partial charge is 0.143 e. The Morgan fingerprint density at radius 3 is 2.74 bits per heavy atom. The van der Waals surface area contributed by atoms with E-state index in [1.54, 1.807) is 0 Å². The van der Waals surface area contributed by atoms with E-state index in [0.717, 1.165) is 38.1 Å². The van der Waals surface area contributed by atoms with Crippen LogP contribution >= 0.6 is 0 Å². The molecule has 1 saturated carbocycles. The Bertz CT molecular complexity index is 457. The Balaban J connectivity index is 1.79. The van der Waals surface area contributed by atoms with Gasteiger partial charge in [-0.15, -0.1) is 0 Å². The van der Waals surface area contributed by atoms with Gasteiger partial charge in [0, 0.05) is 18.9 Å². The number of rotatable bonds is 2. The third kappa shape index (κ3) is 2.66. The van der Waals surface area contributed by atoms with Crippen molar-refractivity contribution < 1.29 is 5.11 Å². The number of hydrogen-bond donors (Lipinski definition) is 2. The second-order valence-electron chi connectivity index (χ2n) is 5.69. The summed E-state index contributed by atoms with van der Waals surface area (Å²) < 4.78 is 0.